The Kier molecular flexibility index (Phi) is 7.37. The molecule has 0 spiro atoms. The Bertz CT molecular complexity index is 693. The van der Waals surface area contributed by atoms with Crippen LogP contribution in [0.4, 0.5) is 0 Å². The monoisotopic (exact) mass is 409 g/mol. The third-order valence-electron chi connectivity index (χ3n) is 4.40. The van der Waals surface area contributed by atoms with E-state index in [-0.39, 0.29) is 11.2 Å². The Morgan fingerprint density at radius 1 is 1.27 bits per heavy atom. The first-order chi connectivity index (χ1) is 12.6. The van der Waals surface area contributed by atoms with Gasteiger partial charge in [-0.2, -0.15) is 0 Å². The third kappa shape index (κ3) is 5.98. The van der Waals surface area contributed by atoms with Gasteiger partial charge in [-0.1, -0.05) is 18.5 Å². The second-order valence-corrected chi connectivity index (χ2v) is 9.45. The predicted octanol–water partition coefficient (Wildman–Crippen LogP) is 4.40. The summed E-state index contributed by atoms with van der Waals surface area (Å²) in [4.78, 5) is 22.6. The summed E-state index contributed by atoms with van der Waals surface area (Å²) in [5.41, 5.74) is 0. The van der Waals surface area contributed by atoms with Crippen LogP contribution in [0.2, 0.25) is 5.02 Å². The van der Waals surface area contributed by atoms with Crippen molar-refractivity contribution >= 4 is 40.6 Å². The van der Waals surface area contributed by atoms with Gasteiger partial charge in [0.25, 0.3) is 0 Å². The zero-order valence-electron chi connectivity index (χ0n) is 14.9. The highest BCUT2D eigenvalue weighted by molar-refractivity contribution is 8.00. The molecule has 0 radical (unpaired) electrons. The van der Waals surface area contributed by atoms with Crippen LogP contribution in [0, 0.1) is 0 Å². The minimum absolute atomic E-state index is 0.248. The minimum atomic E-state index is 0.248. The zero-order chi connectivity index (χ0) is 18.4. The average molecular weight is 410 g/mol. The van der Waals surface area contributed by atoms with Gasteiger partial charge >= 0.3 is 0 Å². The van der Waals surface area contributed by atoms with E-state index in [1.807, 2.05) is 40.7 Å². The smallest absolute Gasteiger partial charge is 0.223 e. The highest BCUT2D eigenvalue weighted by Crippen LogP contribution is 2.27. The molecule has 1 aromatic carbocycles. The predicted molar refractivity (Wildman–Crippen MR) is 110 cm³/mol. The van der Waals surface area contributed by atoms with Crippen molar-refractivity contribution in [1.82, 2.24) is 14.8 Å². The van der Waals surface area contributed by atoms with Crippen LogP contribution >= 0.6 is 34.7 Å². The van der Waals surface area contributed by atoms with Crippen molar-refractivity contribution in [1.29, 1.82) is 0 Å². The second kappa shape index (κ2) is 9.74. The Labute approximate surface area is 168 Å². The van der Waals surface area contributed by atoms with Gasteiger partial charge in [-0.3, -0.25) is 9.69 Å². The van der Waals surface area contributed by atoms with Gasteiger partial charge in [0.15, 0.2) is 0 Å². The molecule has 1 unspecified atom stereocenters. The summed E-state index contributed by atoms with van der Waals surface area (Å²) in [5.74, 6) is 0.259. The molecule has 1 fully saturated rings. The Morgan fingerprint density at radius 3 is 2.81 bits per heavy atom. The molecule has 1 amide bonds. The minimum Gasteiger partial charge on any atom is -0.341 e. The molecule has 0 aliphatic carbocycles. The normalized spacial score (nSPS) is 17.1. The van der Waals surface area contributed by atoms with Gasteiger partial charge in [0.05, 0.1) is 6.54 Å². The molecule has 26 heavy (non-hydrogen) atoms. The molecule has 2 heterocycles. The van der Waals surface area contributed by atoms with Gasteiger partial charge in [0.1, 0.15) is 5.01 Å². The lowest BCUT2D eigenvalue weighted by Crippen LogP contribution is -2.36. The molecule has 3 rings (SSSR count). The fourth-order valence-electron chi connectivity index (χ4n) is 3.06. The summed E-state index contributed by atoms with van der Waals surface area (Å²) in [6.07, 6.45) is 3.45. The fraction of sp³-hybridized carbons (Fsp3) is 0.474. The highest BCUT2D eigenvalue weighted by atomic mass is 35.5. The average Bonchev–Trinajstić information content (AvgIpc) is 3.01. The quantitative estimate of drug-likeness (QED) is 0.662. The van der Waals surface area contributed by atoms with Gasteiger partial charge in [-0.25, -0.2) is 4.98 Å². The SMILES string of the molecule is CC(CC(=O)N1CCCN(Cc2nccs2)CC1)Sc1ccc(Cl)cc1. The second-order valence-electron chi connectivity index (χ2n) is 6.52. The van der Waals surface area contributed by atoms with E-state index in [1.165, 1.54) is 0 Å². The zero-order valence-corrected chi connectivity index (χ0v) is 17.3. The molecule has 0 saturated carbocycles. The number of halogens is 1. The number of rotatable bonds is 6. The molecular formula is C19H24ClN3OS2. The maximum atomic E-state index is 12.7. The summed E-state index contributed by atoms with van der Waals surface area (Å²) in [7, 11) is 0. The topological polar surface area (TPSA) is 36.4 Å². The number of carbonyl (C=O) groups is 1. The Morgan fingerprint density at radius 2 is 2.08 bits per heavy atom. The van der Waals surface area contributed by atoms with Crippen molar-refractivity contribution in [3.05, 3.63) is 45.9 Å². The van der Waals surface area contributed by atoms with E-state index >= 15 is 0 Å². The van der Waals surface area contributed by atoms with Crippen LogP contribution < -0.4 is 0 Å². The van der Waals surface area contributed by atoms with Gasteiger partial charge in [-0.05, 0) is 30.7 Å². The first-order valence-electron chi connectivity index (χ1n) is 8.91. The van der Waals surface area contributed by atoms with Gasteiger partial charge in [0, 0.05) is 59.3 Å². The molecule has 1 saturated heterocycles. The Hall–Kier alpha value is -1.08. The molecule has 1 aromatic heterocycles. The maximum Gasteiger partial charge on any atom is 0.223 e. The van der Waals surface area contributed by atoms with Gasteiger partial charge in [-0.15, -0.1) is 23.1 Å². The molecule has 1 aliphatic rings. The van der Waals surface area contributed by atoms with E-state index in [1.54, 1.807) is 23.1 Å². The lowest BCUT2D eigenvalue weighted by molar-refractivity contribution is -0.131. The van der Waals surface area contributed by atoms with Crippen LogP contribution in [0.25, 0.3) is 0 Å². The summed E-state index contributed by atoms with van der Waals surface area (Å²) in [6.45, 7) is 6.61. The molecule has 140 valence electrons. The number of thioether (sulfide) groups is 1. The number of amides is 1. The highest BCUT2D eigenvalue weighted by Gasteiger charge is 2.21. The first kappa shape index (κ1) is 19.7. The van der Waals surface area contributed by atoms with Crippen LogP contribution in [-0.4, -0.2) is 52.1 Å². The number of nitrogens with zero attached hydrogens (tertiary/aromatic N) is 3. The van der Waals surface area contributed by atoms with Crippen molar-refractivity contribution in [2.45, 2.75) is 36.5 Å². The van der Waals surface area contributed by atoms with Crippen LogP contribution in [0.5, 0.6) is 0 Å². The summed E-state index contributed by atoms with van der Waals surface area (Å²) >= 11 is 9.35. The molecule has 0 bridgehead atoms. The Balaban J connectivity index is 1.46. The molecule has 0 N–H and O–H groups in total. The van der Waals surface area contributed by atoms with E-state index in [4.69, 9.17) is 11.6 Å². The largest absolute Gasteiger partial charge is 0.341 e. The molecule has 2 aromatic rings. The third-order valence-corrected chi connectivity index (χ3v) is 6.53. The molecule has 4 nitrogen and oxygen atoms in total. The molecule has 7 heteroatoms. The molecule has 1 aliphatic heterocycles. The van der Waals surface area contributed by atoms with Gasteiger partial charge in [0.2, 0.25) is 5.91 Å². The number of benzene rings is 1. The first-order valence-corrected chi connectivity index (χ1v) is 11.0. The summed E-state index contributed by atoms with van der Waals surface area (Å²) < 4.78 is 0. The molecule has 1 atom stereocenters. The lowest BCUT2D eigenvalue weighted by atomic mass is 10.3. The van der Waals surface area contributed by atoms with Crippen LogP contribution in [0.15, 0.2) is 40.7 Å². The van der Waals surface area contributed by atoms with E-state index in [2.05, 4.69) is 16.8 Å². The van der Waals surface area contributed by atoms with E-state index in [0.717, 1.165) is 54.1 Å². The van der Waals surface area contributed by atoms with Crippen molar-refractivity contribution in [3.63, 3.8) is 0 Å². The van der Waals surface area contributed by atoms with E-state index in [9.17, 15) is 4.79 Å². The van der Waals surface area contributed by atoms with E-state index < -0.39 is 0 Å². The number of carbonyl (C=O) groups excluding carboxylic acids is 1. The maximum absolute atomic E-state index is 12.7. The summed E-state index contributed by atoms with van der Waals surface area (Å²) in [6, 6.07) is 7.81. The number of hydrogen-bond donors (Lipinski definition) is 0. The number of thiazole rings is 1. The van der Waals surface area contributed by atoms with Gasteiger partial charge < -0.3 is 4.90 Å². The van der Waals surface area contributed by atoms with Crippen molar-refractivity contribution in [2.75, 3.05) is 26.2 Å². The van der Waals surface area contributed by atoms with E-state index in [0.29, 0.717) is 6.42 Å². The summed E-state index contributed by atoms with van der Waals surface area (Å²) in [5, 5.41) is 4.16. The van der Waals surface area contributed by atoms with Crippen LogP contribution in [0.1, 0.15) is 24.8 Å². The van der Waals surface area contributed by atoms with Crippen LogP contribution in [-0.2, 0) is 11.3 Å². The van der Waals surface area contributed by atoms with Crippen LogP contribution in [0.3, 0.4) is 0 Å². The number of hydrogen-bond acceptors (Lipinski definition) is 5. The fourth-order valence-corrected chi connectivity index (χ4v) is 4.83. The molecular weight excluding hydrogens is 386 g/mol. The van der Waals surface area contributed by atoms with Crippen molar-refractivity contribution in [2.24, 2.45) is 0 Å². The van der Waals surface area contributed by atoms with Crippen molar-refractivity contribution < 1.29 is 4.79 Å². The number of aromatic nitrogens is 1. The standard InChI is InChI=1S/C19H24ClN3OS2/c1-15(26-17-5-3-16(20)4-6-17)13-19(24)23-9-2-8-22(10-11-23)14-18-21-7-12-25-18/h3-7,12,15H,2,8-11,13-14H2,1H3. The van der Waals surface area contributed by atoms with Crippen molar-refractivity contribution in [3.8, 4) is 0 Å². The lowest BCUT2D eigenvalue weighted by Gasteiger charge is -2.23.